The molecular weight excluding hydrogens is 294 g/mol. The zero-order valence-corrected chi connectivity index (χ0v) is 13.6. The average molecular weight is 316 g/mol. The number of aliphatic imine (C=N–C) groups is 1. The van der Waals surface area contributed by atoms with Gasteiger partial charge in [-0.2, -0.15) is 0 Å². The monoisotopic (exact) mass is 315 g/mol. The molecule has 1 heterocycles. The van der Waals surface area contributed by atoms with Crippen molar-refractivity contribution in [1.29, 1.82) is 0 Å². The van der Waals surface area contributed by atoms with Crippen LogP contribution in [0.5, 0.6) is 0 Å². The average Bonchev–Trinajstić information content (AvgIpc) is 3.03. The standard InChI is InChI=1S/C18H21N3.ClH/c1-2-14-3-5-15(6-4-14)13-16-7-9-17(10-8-16)21-18-19-11-12-20-18;/h3-10H,2,11-13H2,1H3,(H2,19,20,21);1H. The summed E-state index contributed by atoms with van der Waals surface area (Å²) in [5, 5.41) is 6.50. The van der Waals surface area contributed by atoms with E-state index in [-0.39, 0.29) is 12.4 Å². The lowest BCUT2D eigenvalue weighted by Crippen LogP contribution is -2.26. The summed E-state index contributed by atoms with van der Waals surface area (Å²) in [7, 11) is 0. The van der Waals surface area contributed by atoms with E-state index < -0.39 is 0 Å². The lowest BCUT2D eigenvalue weighted by Gasteiger charge is -2.08. The number of hydrogen-bond donors (Lipinski definition) is 2. The Morgan fingerprint density at radius 2 is 1.55 bits per heavy atom. The highest BCUT2D eigenvalue weighted by Crippen LogP contribution is 2.14. The van der Waals surface area contributed by atoms with Gasteiger partial charge in [-0.05, 0) is 41.7 Å². The molecule has 1 aliphatic rings. The summed E-state index contributed by atoms with van der Waals surface area (Å²) in [5.74, 6) is 0.873. The van der Waals surface area contributed by atoms with Gasteiger partial charge in [0.05, 0.1) is 6.54 Å². The number of nitrogens with zero attached hydrogens (tertiary/aromatic N) is 1. The van der Waals surface area contributed by atoms with Crippen LogP contribution in [0.15, 0.2) is 53.5 Å². The molecule has 0 aromatic heterocycles. The molecule has 0 fully saturated rings. The Labute approximate surface area is 138 Å². The first-order valence-corrected chi connectivity index (χ1v) is 7.55. The van der Waals surface area contributed by atoms with Crippen LogP contribution >= 0.6 is 12.4 Å². The van der Waals surface area contributed by atoms with Crippen LogP contribution in [0.25, 0.3) is 0 Å². The minimum Gasteiger partial charge on any atom is -0.354 e. The van der Waals surface area contributed by atoms with Crippen molar-refractivity contribution in [2.24, 2.45) is 4.99 Å². The third-order valence-electron chi connectivity index (χ3n) is 3.73. The summed E-state index contributed by atoms with van der Waals surface area (Å²) in [4.78, 5) is 4.33. The topological polar surface area (TPSA) is 36.4 Å². The highest BCUT2D eigenvalue weighted by atomic mass is 35.5. The molecule has 0 saturated heterocycles. The molecule has 0 saturated carbocycles. The fourth-order valence-corrected chi connectivity index (χ4v) is 2.45. The number of nitrogens with one attached hydrogen (secondary N) is 2. The molecule has 0 unspecified atom stereocenters. The third-order valence-corrected chi connectivity index (χ3v) is 3.73. The van der Waals surface area contributed by atoms with Gasteiger partial charge in [-0.25, -0.2) is 0 Å². The first kappa shape index (κ1) is 16.4. The molecule has 0 amide bonds. The van der Waals surface area contributed by atoms with Gasteiger partial charge in [-0.15, -0.1) is 12.4 Å². The first-order chi connectivity index (χ1) is 10.3. The number of benzene rings is 2. The zero-order valence-electron chi connectivity index (χ0n) is 12.8. The van der Waals surface area contributed by atoms with Gasteiger partial charge in [-0.3, -0.25) is 4.99 Å². The molecule has 4 heteroatoms. The van der Waals surface area contributed by atoms with E-state index in [9.17, 15) is 0 Å². The molecule has 2 aromatic carbocycles. The predicted octanol–water partition coefficient (Wildman–Crippen LogP) is 3.63. The van der Waals surface area contributed by atoms with Gasteiger partial charge >= 0.3 is 0 Å². The third kappa shape index (κ3) is 4.25. The highest BCUT2D eigenvalue weighted by Gasteiger charge is 2.04. The van der Waals surface area contributed by atoms with Crippen molar-refractivity contribution in [3.8, 4) is 0 Å². The molecule has 2 aromatic rings. The summed E-state index contributed by atoms with van der Waals surface area (Å²) in [6, 6.07) is 17.4. The van der Waals surface area contributed by atoms with Crippen molar-refractivity contribution in [3.05, 3.63) is 65.2 Å². The van der Waals surface area contributed by atoms with E-state index in [2.05, 4.69) is 71.1 Å². The normalized spacial score (nSPS) is 13.0. The molecule has 3 nitrogen and oxygen atoms in total. The van der Waals surface area contributed by atoms with E-state index in [1.807, 2.05) is 0 Å². The van der Waals surface area contributed by atoms with E-state index in [1.165, 1.54) is 16.7 Å². The van der Waals surface area contributed by atoms with Crippen molar-refractivity contribution >= 4 is 24.1 Å². The predicted molar refractivity (Wildman–Crippen MR) is 96.2 cm³/mol. The Balaban J connectivity index is 0.00000176. The molecule has 0 spiro atoms. The lowest BCUT2D eigenvalue weighted by atomic mass is 10.0. The molecule has 0 aliphatic carbocycles. The Hall–Kier alpha value is -2.00. The van der Waals surface area contributed by atoms with Crippen molar-refractivity contribution in [3.63, 3.8) is 0 Å². The second kappa shape index (κ2) is 7.85. The second-order valence-electron chi connectivity index (χ2n) is 5.33. The number of aryl methyl sites for hydroxylation is 1. The van der Waals surface area contributed by atoms with Crippen LogP contribution in [0, 0.1) is 0 Å². The second-order valence-corrected chi connectivity index (χ2v) is 5.33. The number of anilines is 1. The first-order valence-electron chi connectivity index (χ1n) is 7.55. The van der Waals surface area contributed by atoms with E-state index in [0.717, 1.165) is 37.6 Å². The maximum Gasteiger partial charge on any atom is 0.195 e. The highest BCUT2D eigenvalue weighted by molar-refractivity contribution is 5.94. The van der Waals surface area contributed by atoms with Crippen LogP contribution in [-0.2, 0) is 12.8 Å². The quantitative estimate of drug-likeness (QED) is 0.904. The summed E-state index contributed by atoms with van der Waals surface area (Å²) in [6.45, 7) is 3.96. The Kier molecular flexibility index (Phi) is 5.84. The summed E-state index contributed by atoms with van der Waals surface area (Å²) >= 11 is 0. The van der Waals surface area contributed by atoms with Gasteiger partial charge < -0.3 is 10.6 Å². The van der Waals surface area contributed by atoms with Crippen molar-refractivity contribution in [2.75, 3.05) is 18.4 Å². The Bertz CT molecular complexity index is 618. The zero-order chi connectivity index (χ0) is 14.5. The lowest BCUT2D eigenvalue weighted by molar-refractivity contribution is 0.959. The molecule has 0 bridgehead atoms. The van der Waals surface area contributed by atoms with E-state index >= 15 is 0 Å². The molecular formula is C18H22ClN3. The van der Waals surface area contributed by atoms with Gasteiger partial charge in [0.2, 0.25) is 0 Å². The maximum absolute atomic E-state index is 4.33. The molecule has 2 N–H and O–H groups in total. The van der Waals surface area contributed by atoms with Crippen LogP contribution in [0.3, 0.4) is 0 Å². The minimum absolute atomic E-state index is 0. The summed E-state index contributed by atoms with van der Waals surface area (Å²) in [6.07, 6.45) is 2.07. The molecule has 0 atom stereocenters. The number of halogens is 1. The molecule has 22 heavy (non-hydrogen) atoms. The van der Waals surface area contributed by atoms with Crippen LogP contribution < -0.4 is 10.6 Å². The summed E-state index contributed by atoms with van der Waals surface area (Å²) in [5.41, 5.74) is 5.15. The van der Waals surface area contributed by atoms with E-state index in [4.69, 9.17) is 0 Å². The van der Waals surface area contributed by atoms with Crippen molar-refractivity contribution < 1.29 is 0 Å². The van der Waals surface area contributed by atoms with Crippen LogP contribution in [-0.4, -0.2) is 19.0 Å². The Morgan fingerprint density at radius 3 is 2.09 bits per heavy atom. The van der Waals surface area contributed by atoms with Gasteiger partial charge in [0, 0.05) is 12.2 Å². The number of hydrogen-bond acceptors (Lipinski definition) is 3. The number of rotatable bonds is 4. The number of guanidine groups is 1. The van der Waals surface area contributed by atoms with Crippen molar-refractivity contribution in [1.82, 2.24) is 5.32 Å². The smallest absolute Gasteiger partial charge is 0.195 e. The van der Waals surface area contributed by atoms with E-state index in [0.29, 0.717) is 0 Å². The molecule has 116 valence electrons. The fourth-order valence-electron chi connectivity index (χ4n) is 2.45. The fraction of sp³-hybridized carbons (Fsp3) is 0.278. The van der Waals surface area contributed by atoms with Gasteiger partial charge in [0.25, 0.3) is 0 Å². The minimum atomic E-state index is 0. The van der Waals surface area contributed by atoms with Crippen LogP contribution in [0.1, 0.15) is 23.6 Å². The molecule has 3 rings (SSSR count). The Morgan fingerprint density at radius 1 is 0.955 bits per heavy atom. The maximum atomic E-state index is 4.33. The molecule has 1 aliphatic heterocycles. The summed E-state index contributed by atoms with van der Waals surface area (Å²) < 4.78 is 0. The van der Waals surface area contributed by atoms with Gasteiger partial charge in [0.15, 0.2) is 5.96 Å². The van der Waals surface area contributed by atoms with Gasteiger partial charge in [0.1, 0.15) is 0 Å². The van der Waals surface area contributed by atoms with Crippen molar-refractivity contribution in [2.45, 2.75) is 19.8 Å². The van der Waals surface area contributed by atoms with Gasteiger partial charge in [-0.1, -0.05) is 43.3 Å². The largest absolute Gasteiger partial charge is 0.354 e. The SMILES string of the molecule is CCc1ccc(Cc2ccc(NC3=NCCN3)cc2)cc1.Cl. The van der Waals surface area contributed by atoms with Crippen LogP contribution in [0.2, 0.25) is 0 Å². The molecule has 0 radical (unpaired) electrons. The van der Waals surface area contributed by atoms with Crippen LogP contribution in [0.4, 0.5) is 5.69 Å². The van der Waals surface area contributed by atoms with E-state index in [1.54, 1.807) is 0 Å².